The lowest BCUT2D eigenvalue weighted by molar-refractivity contribution is 0.0946. The second-order valence-electron chi connectivity index (χ2n) is 5.72. The zero-order chi connectivity index (χ0) is 17.8. The van der Waals surface area contributed by atoms with E-state index in [2.05, 4.69) is 25.3 Å². The number of carbonyl (C=O) groups excluding carboxylic acids is 1. The number of nitrogens with zero attached hydrogens (tertiary/aromatic N) is 4. The molecule has 0 saturated carbocycles. The number of aromatic nitrogens is 4. The van der Waals surface area contributed by atoms with Gasteiger partial charge < -0.3 is 5.32 Å². The Balaban J connectivity index is 1.70. The van der Waals surface area contributed by atoms with Gasteiger partial charge in [0.15, 0.2) is 0 Å². The van der Waals surface area contributed by atoms with E-state index in [0.29, 0.717) is 12.2 Å². The summed E-state index contributed by atoms with van der Waals surface area (Å²) in [4.78, 5) is 29.3. The Morgan fingerprint density at radius 3 is 2.35 bits per heavy atom. The van der Waals surface area contributed by atoms with Crippen molar-refractivity contribution in [1.82, 2.24) is 25.3 Å². The largest absolute Gasteiger partial charge is 0.347 e. The SMILES string of the molecule is O=C(NCc1ccncc1)c1cc(-c2ccncc2)c2cnccc2n1. The molecule has 0 aliphatic rings. The van der Waals surface area contributed by atoms with Crippen LogP contribution in [0.5, 0.6) is 0 Å². The number of hydrogen-bond acceptors (Lipinski definition) is 5. The molecule has 0 aliphatic carbocycles. The van der Waals surface area contributed by atoms with Gasteiger partial charge in [-0.3, -0.25) is 19.7 Å². The van der Waals surface area contributed by atoms with E-state index in [1.54, 1.807) is 49.3 Å². The Morgan fingerprint density at radius 2 is 1.58 bits per heavy atom. The van der Waals surface area contributed by atoms with Crippen molar-refractivity contribution in [2.45, 2.75) is 6.54 Å². The predicted octanol–water partition coefficient (Wildman–Crippen LogP) is 3.02. The molecule has 6 nitrogen and oxygen atoms in total. The number of fused-ring (bicyclic) bond motifs is 1. The van der Waals surface area contributed by atoms with E-state index in [1.807, 2.05) is 24.3 Å². The van der Waals surface area contributed by atoms with E-state index in [1.165, 1.54) is 0 Å². The van der Waals surface area contributed by atoms with Gasteiger partial charge in [-0.15, -0.1) is 0 Å². The van der Waals surface area contributed by atoms with Crippen LogP contribution in [-0.4, -0.2) is 25.8 Å². The molecule has 26 heavy (non-hydrogen) atoms. The van der Waals surface area contributed by atoms with Crippen LogP contribution in [0.3, 0.4) is 0 Å². The molecule has 0 spiro atoms. The lowest BCUT2D eigenvalue weighted by Gasteiger charge is -2.10. The van der Waals surface area contributed by atoms with Crippen molar-refractivity contribution < 1.29 is 4.79 Å². The van der Waals surface area contributed by atoms with Gasteiger partial charge in [-0.25, -0.2) is 4.98 Å². The third kappa shape index (κ3) is 3.25. The Morgan fingerprint density at radius 1 is 0.885 bits per heavy atom. The Hall–Kier alpha value is -3.67. The van der Waals surface area contributed by atoms with Gasteiger partial charge in [-0.05, 0) is 53.1 Å². The zero-order valence-electron chi connectivity index (χ0n) is 13.8. The molecule has 0 radical (unpaired) electrons. The van der Waals surface area contributed by atoms with Gasteiger partial charge in [-0.1, -0.05) is 0 Å². The fraction of sp³-hybridized carbons (Fsp3) is 0.0500. The average Bonchev–Trinajstić information content (AvgIpc) is 2.72. The Labute approximate surface area is 150 Å². The Kier molecular flexibility index (Phi) is 4.30. The van der Waals surface area contributed by atoms with Crippen molar-refractivity contribution in [3.05, 3.63) is 84.8 Å². The summed E-state index contributed by atoms with van der Waals surface area (Å²) in [7, 11) is 0. The van der Waals surface area contributed by atoms with E-state index in [9.17, 15) is 4.79 Å². The minimum Gasteiger partial charge on any atom is -0.347 e. The van der Waals surface area contributed by atoms with Crippen LogP contribution in [0.1, 0.15) is 16.1 Å². The summed E-state index contributed by atoms with van der Waals surface area (Å²) in [6, 6.07) is 11.1. The van der Waals surface area contributed by atoms with Crippen molar-refractivity contribution in [3.63, 3.8) is 0 Å². The highest BCUT2D eigenvalue weighted by Crippen LogP contribution is 2.27. The number of carbonyl (C=O) groups is 1. The van der Waals surface area contributed by atoms with E-state index in [4.69, 9.17) is 0 Å². The molecular formula is C20H15N5O. The van der Waals surface area contributed by atoms with Crippen molar-refractivity contribution in [1.29, 1.82) is 0 Å². The molecule has 1 amide bonds. The van der Waals surface area contributed by atoms with Crippen molar-refractivity contribution in [3.8, 4) is 11.1 Å². The van der Waals surface area contributed by atoms with Crippen LogP contribution in [-0.2, 0) is 6.54 Å². The topological polar surface area (TPSA) is 80.7 Å². The molecule has 0 fully saturated rings. The van der Waals surface area contributed by atoms with E-state index in [0.717, 1.165) is 27.6 Å². The third-order valence-corrected chi connectivity index (χ3v) is 4.04. The highest BCUT2D eigenvalue weighted by atomic mass is 16.1. The van der Waals surface area contributed by atoms with Crippen molar-refractivity contribution >= 4 is 16.8 Å². The molecule has 0 aromatic carbocycles. The van der Waals surface area contributed by atoms with Gasteiger partial charge in [0.05, 0.1) is 5.52 Å². The average molecular weight is 341 g/mol. The summed E-state index contributed by atoms with van der Waals surface area (Å²) < 4.78 is 0. The second kappa shape index (κ2) is 7.06. The summed E-state index contributed by atoms with van der Waals surface area (Å²) in [5, 5.41) is 3.79. The van der Waals surface area contributed by atoms with Gasteiger partial charge in [0.2, 0.25) is 0 Å². The van der Waals surface area contributed by atoms with E-state index >= 15 is 0 Å². The maximum absolute atomic E-state index is 12.6. The van der Waals surface area contributed by atoms with Crippen LogP contribution in [0, 0.1) is 0 Å². The standard InChI is InChI=1S/C20H15N5O/c26-20(24-12-14-1-6-21-7-2-14)19-11-16(15-3-8-22-9-4-15)17-13-23-10-5-18(17)25-19/h1-11,13H,12H2,(H,24,26). The first-order chi connectivity index (χ1) is 12.8. The van der Waals surface area contributed by atoms with Crippen LogP contribution in [0.4, 0.5) is 0 Å². The van der Waals surface area contributed by atoms with Gasteiger partial charge in [0.25, 0.3) is 5.91 Å². The number of hydrogen-bond donors (Lipinski definition) is 1. The maximum atomic E-state index is 12.6. The number of rotatable bonds is 4. The molecule has 0 saturated heterocycles. The normalized spacial score (nSPS) is 10.6. The first kappa shape index (κ1) is 15.8. The summed E-state index contributed by atoms with van der Waals surface area (Å²) in [6.07, 6.45) is 10.3. The second-order valence-corrected chi connectivity index (χ2v) is 5.72. The number of nitrogens with one attached hydrogen (secondary N) is 1. The molecule has 4 aromatic heterocycles. The van der Waals surface area contributed by atoms with Crippen LogP contribution in [0.15, 0.2) is 73.6 Å². The van der Waals surface area contributed by atoms with Gasteiger partial charge in [0, 0.05) is 49.1 Å². The lowest BCUT2D eigenvalue weighted by Crippen LogP contribution is -2.24. The van der Waals surface area contributed by atoms with Crippen LogP contribution < -0.4 is 5.32 Å². The summed E-state index contributed by atoms with van der Waals surface area (Å²) in [5.41, 5.74) is 3.93. The highest BCUT2D eigenvalue weighted by molar-refractivity contribution is 6.00. The lowest BCUT2D eigenvalue weighted by atomic mass is 10.0. The molecule has 0 aliphatic heterocycles. The van der Waals surface area contributed by atoms with Crippen LogP contribution in [0.2, 0.25) is 0 Å². The third-order valence-electron chi connectivity index (χ3n) is 4.04. The molecule has 0 atom stereocenters. The zero-order valence-corrected chi connectivity index (χ0v) is 13.8. The van der Waals surface area contributed by atoms with Crippen LogP contribution >= 0.6 is 0 Å². The molecular weight excluding hydrogens is 326 g/mol. The first-order valence-corrected chi connectivity index (χ1v) is 8.13. The predicted molar refractivity (Wildman–Crippen MR) is 98.2 cm³/mol. The minimum atomic E-state index is -0.226. The fourth-order valence-corrected chi connectivity index (χ4v) is 2.73. The van der Waals surface area contributed by atoms with Gasteiger partial charge >= 0.3 is 0 Å². The molecule has 0 bridgehead atoms. The van der Waals surface area contributed by atoms with Crippen molar-refractivity contribution in [2.75, 3.05) is 0 Å². The maximum Gasteiger partial charge on any atom is 0.270 e. The summed E-state index contributed by atoms with van der Waals surface area (Å²) >= 11 is 0. The van der Waals surface area contributed by atoms with E-state index in [-0.39, 0.29) is 5.91 Å². The van der Waals surface area contributed by atoms with Gasteiger partial charge in [-0.2, -0.15) is 0 Å². The molecule has 6 heteroatoms. The van der Waals surface area contributed by atoms with Crippen LogP contribution in [0.25, 0.3) is 22.0 Å². The number of amides is 1. The number of pyridine rings is 4. The molecule has 126 valence electrons. The summed E-state index contributed by atoms with van der Waals surface area (Å²) in [5.74, 6) is -0.226. The fourth-order valence-electron chi connectivity index (χ4n) is 2.73. The quantitative estimate of drug-likeness (QED) is 0.617. The van der Waals surface area contributed by atoms with E-state index < -0.39 is 0 Å². The monoisotopic (exact) mass is 341 g/mol. The smallest absolute Gasteiger partial charge is 0.270 e. The highest BCUT2D eigenvalue weighted by Gasteiger charge is 2.13. The molecule has 4 aromatic rings. The Bertz CT molecular complexity index is 1050. The molecule has 4 rings (SSSR count). The molecule has 1 N–H and O–H groups in total. The summed E-state index contributed by atoms with van der Waals surface area (Å²) in [6.45, 7) is 0.419. The van der Waals surface area contributed by atoms with Crippen molar-refractivity contribution in [2.24, 2.45) is 0 Å². The molecule has 0 unspecified atom stereocenters. The molecule has 4 heterocycles. The van der Waals surface area contributed by atoms with Gasteiger partial charge in [0.1, 0.15) is 5.69 Å². The first-order valence-electron chi connectivity index (χ1n) is 8.13. The minimum absolute atomic E-state index is 0.226.